The Kier molecular flexibility index (Phi) is 17.9. The molecule has 0 amide bonds. The van der Waals surface area contributed by atoms with Gasteiger partial charge in [-0.15, -0.1) is 22.7 Å². The average molecular weight is 1070 g/mol. The number of carboxylic acid groups (broad SMARTS) is 1. The fourth-order valence-electron chi connectivity index (χ4n) is 7.90. The molecule has 24 heteroatoms. The molecule has 0 aliphatic heterocycles. The molecular formula is C52H41N8NaO13S2. The van der Waals surface area contributed by atoms with Gasteiger partial charge in [0.15, 0.2) is 0 Å². The summed E-state index contributed by atoms with van der Waals surface area (Å²) in [6.45, 7) is 2.32. The zero-order valence-electron chi connectivity index (χ0n) is 40.3. The van der Waals surface area contributed by atoms with Crippen LogP contribution in [0.25, 0.3) is 31.8 Å². The summed E-state index contributed by atoms with van der Waals surface area (Å²) in [6, 6.07) is 34.0. The van der Waals surface area contributed by atoms with Gasteiger partial charge in [-0.3, -0.25) is 39.0 Å². The molecule has 2 N–H and O–H groups in total. The minimum Gasteiger partial charge on any atom is -0.870 e. The van der Waals surface area contributed by atoms with Crippen LogP contribution >= 0.6 is 22.7 Å². The van der Waals surface area contributed by atoms with E-state index in [1.807, 2.05) is 66.0 Å². The molecule has 0 saturated carbocycles. The van der Waals surface area contributed by atoms with E-state index in [0.717, 1.165) is 16.7 Å². The molecule has 10 rings (SSSR count). The summed E-state index contributed by atoms with van der Waals surface area (Å²) < 4.78 is 24.2. The summed E-state index contributed by atoms with van der Waals surface area (Å²) >= 11 is 2.55. The van der Waals surface area contributed by atoms with Crippen LogP contribution in [-0.4, -0.2) is 67.7 Å². The van der Waals surface area contributed by atoms with E-state index in [0.29, 0.717) is 37.4 Å². The van der Waals surface area contributed by atoms with Crippen molar-refractivity contribution in [2.75, 3.05) is 6.61 Å². The van der Waals surface area contributed by atoms with E-state index in [4.69, 9.17) is 14.2 Å². The average Bonchev–Trinajstić information content (AvgIpc) is 4.27. The molecule has 0 saturated heterocycles. The zero-order chi connectivity index (χ0) is 51.9. The Balaban J connectivity index is 0.000000216. The number of carboxylic acids is 1. The van der Waals surface area contributed by atoms with Gasteiger partial charge in [-0.2, -0.15) is 10.2 Å². The summed E-state index contributed by atoms with van der Waals surface area (Å²) in [5.74, 6) is -2.13. The summed E-state index contributed by atoms with van der Waals surface area (Å²) in [6.07, 6.45) is 6.66. The number of nitrogens with zero attached hydrogens (tertiary/aromatic N) is 8. The number of hydrogen-bond donors (Lipinski definition) is 1. The Labute approximate surface area is 459 Å². The molecule has 76 heavy (non-hydrogen) atoms. The predicted molar refractivity (Wildman–Crippen MR) is 277 cm³/mol. The number of thiophene rings is 2. The van der Waals surface area contributed by atoms with Gasteiger partial charge in [0.2, 0.25) is 11.5 Å². The molecule has 0 atom stereocenters. The van der Waals surface area contributed by atoms with Crippen molar-refractivity contribution in [1.82, 2.24) is 28.7 Å². The van der Waals surface area contributed by atoms with Crippen LogP contribution < -0.4 is 50.1 Å². The van der Waals surface area contributed by atoms with Gasteiger partial charge in [0.25, 0.3) is 22.5 Å². The first kappa shape index (κ1) is 55.2. The zero-order valence-corrected chi connectivity index (χ0v) is 44.0. The third-order valence-electron chi connectivity index (χ3n) is 11.4. The van der Waals surface area contributed by atoms with Gasteiger partial charge >= 0.3 is 41.5 Å². The number of fused-ring (bicyclic) bond motifs is 2. The molecule has 0 radical (unpaired) electrons. The van der Waals surface area contributed by atoms with Crippen molar-refractivity contribution in [1.29, 1.82) is 0 Å². The topological polar surface area (TPSA) is 278 Å². The fourth-order valence-corrected chi connectivity index (χ4v) is 9.75. The standard InChI is InChI=1S/C27H22N4O6S.C25H18N4O6S.Na.H2O/c1-2-36-27(33)23-24(37-17-18-6-4-3-5-7-18)26(32)29(22-12-13-38-25(22)23)15-19-14-28-30(16-19)20-8-10-21(11-9-20)31(34)35;30-24-22(35-15-16-4-2-1-3-5-16)21(25(31)32)23-20(10-11-36-23)27(24)13-17-12-26-28(14-17)18-6-8-19(9-7-18)29(33)34;;/h3-14,16H,2,15,17H2,1H3;1-12,14H,13,15H2,(H,31,32);;1H2/q;;+1;/p-1. The molecular weight excluding hydrogens is 1030 g/mol. The number of carbonyl (C=O) groups excluding carboxylic acids is 1. The Hall–Kier alpha value is -8.58. The van der Waals surface area contributed by atoms with Crippen molar-refractivity contribution in [3.8, 4) is 22.9 Å². The fraction of sp³-hybridized carbons (Fsp3) is 0.115. The van der Waals surface area contributed by atoms with Gasteiger partial charge < -0.3 is 24.8 Å². The van der Waals surface area contributed by atoms with E-state index >= 15 is 0 Å². The minimum atomic E-state index is -1.24. The number of carbonyl (C=O) groups is 2. The Morgan fingerprint density at radius 2 is 1.01 bits per heavy atom. The number of ether oxygens (including phenoxy) is 3. The van der Waals surface area contributed by atoms with Crippen molar-refractivity contribution in [2.45, 2.75) is 33.2 Å². The molecule has 0 aliphatic rings. The van der Waals surface area contributed by atoms with Crippen LogP contribution in [0.1, 0.15) is 49.9 Å². The molecule has 380 valence electrons. The van der Waals surface area contributed by atoms with Crippen molar-refractivity contribution >= 4 is 66.4 Å². The van der Waals surface area contributed by atoms with Gasteiger partial charge in [0.05, 0.1) is 73.7 Å². The largest absolute Gasteiger partial charge is 1.00 e. The predicted octanol–water partition coefficient (Wildman–Crippen LogP) is 6.27. The summed E-state index contributed by atoms with van der Waals surface area (Å²) in [5.41, 5.74) is 4.28. The number of nitro groups is 2. The van der Waals surface area contributed by atoms with Gasteiger partial charge in [0.1, 0.15) is 24.3 Å². The normalized spacial score (nSPS) is 10.7. The molecule has 4 aromatic carbocycles. The third-order valence-corrected chi connectivity index (χ3v) is 13.2. The summed E-state index contributed by atoms with van der Waals surface area (Å²) in [7, 11) is 0. The number of aromatic carboxylic acids is 1. The number of aromatic nitrogens is 6. The number of esters is 1. The Morgan fingerprint density at radius 1 is 0.605 bits per heavy atom. The third kappa shape index (κ3) is 12.0. The van der Waals surface area contributed by atoms with Gasteiger partial charge in [0, 0.05) is 47.8 Å². The second-order valence-electron chi connectivity index (χ2n) is 16.2. The number of non-ortho nitro benzene ring substituents is 2. The Morgan fingerprint density at radius 3 is 1.41 bits per heavy atom. The van der Waals surface area contributed by atoms with Crippen molar-refractivity contribution < 1.29 is 73.8 Å². The number of rotatable bonds is 17. The molecule has 21 nitrogen and oxygen atoms in total. The monoisotopic (exact) mass is 1070 g/mol. The second-order valence-corrected chi connectivity index (χ2v) is 18.0. The van der Waals surface area contributed by atoms with E-state index in [-0.39, 0.29) is 102 Å². The Bertz CT molecular complexity index is 3820. The first-order chi connectivity index (χ1) is 35.9. The van der Waals surface area contributed by atoms with E-state index in [2.05, 4.69) is 10.2 Å². The maximum absolute atomic E-state index is 13.8. The molecule has 0 unspecified atom stereocenters. The van der Waals surface area contributed by atoms with Crippen LogP contribution in [-0.2, 0) is 31.0 Å². The van der Waals surface area contributed by atoms with E-state index in [1.54, 1.807) is 87.4 Å². The number of hydrogen-bond acceptors (Lipinski definition) is 16. The van der Waals surface area contributed by atoms with Gasteiger partial charge in [-0.1, -0.05) is 60.7 Å². The van der Waals surface area contributed by atoms with Gasteiger partial charge in [-0.25, -0.2) is 19.0 Å². The SMILES string of the molecule is CCOC(=O)c1c(OCc2ccccc2)c(=O)n(Cc2cnn(-c3ccc([N+](=O)[O-])cc3)c2)c2ccsc12.O=C(O)c1c(OCc2ccccc2)c(=O)n(Cc2cnn(-c3ccc([N+](=O)[O-])cc3)c2)c2ccsc12.[Na+].[OH-]. The number of pyridine rings is 2. The molecule has 0 aliphatic carbocycles. The summed E-state index contributed by atoms with van der Waals surface area (Å²) in [4.78, 5) is 73.2. The number of nitro benzene ring substituents is 2. The van der Waals surface area contributed by atoms with E-state index < -0.39 is 32.9 Å². The van der Waals surface area contributed by atoms with E-state index in [9.17, 15) is 44.5 Å². The van der Waals surface area contributed by atoms with E-state index in [1.165, 1.54) is 51.5 Å². The van der Waals surface area contributed by atoms with Crippen molar-refractivity contribution in [3.63, 3.8) is 0 Å². The molecule has 6 aromatic heterocycles. The van der Waals surface area contributed by atoms with Crippen molar-refractivity contribution in [2.24, 2.45) is 0 Å². The van der Waals surface area contributed by atoms with Crippen LogP contribution in [0.5, 0.6) is 11.5 Å². The molecule has 0 spiro atoms. The van der Waals surface area contributed by atoms with Crippen LogP contribution in [0.4, 0.5) is 11.4 Å². The first-order valence-electron chi connectivity index (χ1n) is 22.5. The van der Waals surface area contributed by atoms with Crippen LogP contribution in [0.2, 0.25) is 0 Å². The first-order valence-corrected chi connectivity index (χ1v) is 24.2. The molecule has 0 fully saturated rings. The maximum atomic E-state index is 13.8. The van der Waals surface area contributed by atoms with Crippen LogP contribution in [0.15, 0.2) is 166 Å². The molecule has 6 heterocycles. The quantitative estimate of drug-likeness (QED) is 0.0455. The minimum absolute atomic E-state index is 0. The van der Waals surface area contributed by atoms with Crippen LogP contribution in [0.3, 0.4) is 0 Å². The maximum Gasteiger partial charge on any atom is 1.00 e. The van der Waals surface area contributed by atoms with Crippen molar-refractivity contribution in [3.05, 3.63) is 231 Å². The molecule has 0 bridgehead atoms. The smallest absolute Gasteiger partial charge is 0.870 e. The van der Waals surface area contributed by atoms with Gasteiger partial charge in [-0.05, 0) is 65.2 Å². The van der Waals surface area contributed by atoms with Crippen LogP contribution in [0, 0.1) is 20.2 Å². The summed E-state index contributed by atoms with van der Waals surface area (Å²) in [5, 5.41) is 43.9. The number of benzene rings is 4. The molecule has 10 aromatic rings. The second kappa shape index (κ2) is 24.6.